The van der Waals surface area contributed by atoms with Crippen molar-refractivity contribution in [3.63, 3.8) is 0 Å². The summed E-state index contributed by atoms with van der Waals surface area (Å²) in [7, 11) is 3.89. The Hall–Kier alpha value is -2.28. The van der Waals surface area contributed by atoms with Crippen LogP contribution in [0, 0.1) is 6.92 Å². The Balaban J connectivity index is 2.22. The summed E-state index contributed by atoms with van der Waals surface area (Å²) in [6.07, 6.45) is 1.58. The zero-order valence-corrected chi connectivity index (χ0v) is 12.7. The molecule has 0 aliphatic carbocycles. The summed E-state index contributed by atoms with van der Waals surface area (Å²) in [6, 6.07) is 7.56. The minimum absolute atomic E-state index is 0.122. The third-order valence-corrected chi connectivity index (χ3v) is 3.47. The average Bonchev–Trinajstić information content (AvgIpc) is 2.84. The quantitative estimate of drug-likeness (QED) is 0.672. The number of aryl methyl sites for hydroxylation is 1. The Labute approximate surface area is 126 Å². The summed E-state index contributed by atoms with van der Waals surface area (Å²) < 4.78 is 5.18. The largest absolute Gasteiger partial charge is 0.477 e. The van der Waals surface area contributed by atoms with Gasteiger partial charge in [-0.05, 0) is 35.5 Å². The number of rotatable bonds is 5. The predicted octanol–water partition coefficient (Wildman–Crippen LogP) is 2.66. The van der Waals surface area contributed by atoms with E-state index in [4.69, 9.17) is 4.42 Å². The van der Waals surface area contributed by atoms with Crippen molar-refractivity contribution in [1.29, 1.82) is 0 Å². The summed E-state index contributed by atoms with van der Waals surface area (Å²) in [5.74, 6) is -0.634. The molecule has 0 aliphatic heterocycles. The van der Waals surface area contributed by atoms with Crippen LogP contribution in [0.1, 0.15) is 11.5 Å². The molecule has 0 amide bonds. The number of aliphatic carboxylic acids is 1. The SMILES string of the molecule is Cc1nnc(S/C(=C\c2ccc(N(C)C)cc2)C(=O)O)o1. The number of carbonyl (C=O) groups is 1. The standard InChI is InChI=1S/C14H15N3O3S/c1-9-15-16-14(20-9)21-12(13(18)19)8-10-4-6-11(7-5-10)17(2)3/h4-8H,1-3H3,(H,18,19)/b12-8-. The second kappa shape index (κ2) is 6.45. The predicted molar refractivity (Wildman–Crippen MR) is 81.3 cm³/mol. The Bertz CT molecular complexity index is 662. The van der Waals surface area contributed by atoms with Crippen LogP contribution in [-0.2, 0) is 4.79 Å². The molecule has 0 spiro atoms. The van der Waals surface area contributed by atoms with Gasteiger partial charge in [0.25, 0.3) is 5.22 Å². The van der Waals surface area contributed by atoms with Gasteiger partial charge in [0, 0.05) is 26.7 Å². The topological polar surface area (TPSA) is 79.5 Å². The van der Waals surface area contributed by atoms with Gasteiger partial charge >= 0.3 is 5.97 Å². The van der Waals surface area contributed by atoms with Crippen LogP contribution in [0.4, 0.5) is 5.69 Å². The van der Waals surface area contributed by atoms with Gasteiger partial charge < -0.3 is 14.4 Å². The number of hydrogen-bond acceptors (Lipinski definition) is 6. The molecule has 0 atom stereocenters. The van der Waals surface area contributed by atoms with Crippen LogP contribution < -0.4 is 4.90 Å². The molecule has 1 heterocycles. The van der Waals surface area contributed by atoms with Crippen molar-refractivity contribution in [2.24, 2.45) is 0 Å². The first kappa shape index (κ1) is 15.1. The summed E-state index contributed by atoms with van der Waals surface area (Å²) in [5.41, 5.74) is 1.84. The van der Waals surface area contributed by atoms with E-state index >= 15 is 0 Å². The maximum Gasteiger partial charge on any atom is 0.342 e. The van der Waals surface area contributed by atoms with Gasteiger partial charge in [-0.2, -0.15) is 0 Å². The second-order valence-electron chi connectivity index (χ2n) is 4.49. The van der Waals surface area contributed by atoms with E-state index < -0.39 is 5.97 Å². The lowest BCUT2D eigenvalue weighted by Gasteiger charge is -2.11. The highest BCUT2D eigenvalue weighted by Crippen LogP contribution is 2.27. The van der Waals surface area contributed by atoms with Gasteiger partial charge in [0.2, 0.25) is 5.89 Å². The van der Waals surface area contributed by atoms with Crippen molar-refractivity contribution in [2.75, 3.05) is 19.0 Å². The molecule has 2 rings (SSSR count). The lowest BCUT2D eigenvalue weighted by Crippen LogP contribution is -2.07. The molecule has 0 bridgehead atoms. The normalized spacial score (nSPS) is 11.5. The third kappa shape index (κ3) is 4.09. The number of thioether (sulfide) groups is 1. The van der Waals surface area contributed by atoms with Crippen LogP contribution in [0.2, 0.25) is 0 Å². The van der Waals surface area contributed by atoms with E-state index in [0.717, 1.165) is 23.0 Å². The number of anilines is 1. The van der Waals surface area contributed by atoms with Crippen LogP contribution in [0.5, 0.6) is 0 Å². The molecule has 6 nitrogen and oxygen atoms in total. The van der Waals surface area contributed by atoms with E-state index in [1.165, 1.54) is 0 Å². The van der Waals surface area contributed by atoms with Crippen molar-refractivity contribution in [3.8, 4) is 0 Å². The van der Waals surface area contributed by atoms with Gasteiger partial charge in [-0.25, -0.2) is 4.79 Å². The second-order valence-corrected chi connectivity index (χ2v) is 5.48. The number of nitrogens with zero attached hydrogens (tertiary/aromatic N) is 3. The summed E-state index contributed by atoms with van der Waals surface area (Å²) in [4.78, 5) is 13.4. The van der Waals surface area contributed by atoms with Crippen molar-refractivity contribution in [1.82, 2.24) is 10.2 Å². The number of carboxylic acid groups (broad SMARTS) is 1. The van der Waals surface area contributed by atoms with Crippen molar-refractivity contribution >= 4 is 29.5 Å². The molecule has 0 saturated heterocycles. The highest BCUT2D eigenvalue weighted by Gasteiger charge is 2.14. The molecule has 0 radical (unpaired) electrons. The Morgan fingerprint density at radius 2 is 1.95 bits per heavy atom. The highest BCUT2D eigenvalue weighted by atomic mass is 32.2. The van der Waals surface area contributed by atoms with E-state index in [0.29, 0.717) is 5.89 Å². The van der Waals surface area contributed by atoms with E-state index in [2.05, 4.69) is 10.2 Å². The van der Waals surface area contributed by atoms with Gasteiger partial charge in [0.15, 0.2) is 0 Å². The monoisotopic (exact) mass is 305 g/mol. The number of benzene rings is 1. The fraction of sp³-hybridized carbons (Fsp3) is 0.214. The first-order valence-electron chi connectivity index (χ1n) is 6.16. The summed E-state index contributed by atoms with van der Waals surface area (Å²) in [6.45, 7) is 1.65. The summed E-state index contributed by atoms with van der Waals surface area (Å²) >= 11 is 0.934. The zero-order chi connectivity index (χ0) is 15.4. The lowest BCUT2D eigenvalue weighted by atomic mass is 10.2. The fourth-order valence-electron chi connectivity index (χ4n) is 1.57. The maximum atomic E-state index is 11.3. The first-order chi connectivity index (χ1) is 9.95. The van der Waals surface area contributed by atoms with Crippen molar-refractivity contribution < 1.29 is 14.3 Å². The van der Waals surface area contributed by atoms with Crippen molar-refractivity contribution in [2.45, 2.75) is 12.1 Å². The van der Waals surface area contributed by atoms with E-state index in [-0.39, 0.29) is 10.1 Å². The molecule has 1 aromatic carbocycles. The molecule has 21 heavy (non-hydrogen) atoms. The van der Waals surface area contributed by atoms with Gasteiger partial charge in [0.1, 0.15) is 4.91 Å². The average molecular weight is 305 g/mol. The molecule has 1 N–H and O–H groups in total. The smallest absolute Gasteiger partial charge is 0.342 e. The molecule has 1 aromatic heterocycles. The van der Waals surface area contributed by atoms with Crippen LogP contribution in [0.15, 0.2) is 38.8 Å². The number of carboxylic acids is 1. The molecule has 7 heteroatoms. The molecule has 0 saturated carbocycles. The number of hydrogen-bond donors (Lipinski definition) is 1. The van der Waals surface area contributed by atoms with Gasteiger partial charge in [0.05, 0.1) is 0 Å². The summed E-state index contributed by atoms with van der Waals surface area (Å²) in [5, 5.41) is 16.9. The van der Waals surface area contributed by atoms with Crippen LogP contribution >= 0.6 is 11.8 Å². The molecule has 110 valence electrons. The molecule has 2 aromatic rings. The lowest BCUT2D eigenvalue weighted by molar-refractivity contribution is -0.131. The Kier molecular flexibility index (Phi) is 4.64. The molecular formula is C14H15N3O3S. The molecule has 0 fully saturated rings. The van der Waals surface area contributed by atoms with Gasteiger partial charge in [-0.1, -0.05) is 12.1 Å². The molecule has 0 unspecified atom stereocenters. The maximum absolute atomic E-state index is 11.3. The van der Waals surface area contributed by atoms with Crippen molar-refractivity contribution in [3.05, 3.63) is 40.6 Å². The molecular weight excluding hydrogens is 290 g/mol. The third-order valence-electron chi connectivity index (χ3n) is 2.62. The first-order valence-corrected chi connectivity index (χ1v) is 6.97. The minimum Gasteiger partial charge on any atom is -0.477 e. The van der Waals surface area contributed by atoms with E-state index in [1.54, 1.807) is 13.0 Å². The van der Waals surface area contributed by atoms with Crippen LogP contribution in [0.25, 0.3) is 6.08 Å². The Morgan fingerprint density at radius 1 is 1.29 bits per heavy atom. The van der Waals surface area contributed by atoms with Gasteiger partial charge in [-0.15, -0.1) is 10.2 Å². The van der Waals surface area contributed by atoms with Gasteiger partial charge in [-0.3, -0.25) is 0 Å². The Morgan fingerprint density at radius 3 is 2.43 bits per heavy atom. The van der Waals surface area contributed by atoms with E-state index in [9.17, 15) is 9.90 Å². The highest BCUT2D eigenvalue weighted by molar-refractivity contribution is 8.03. The number of aromatic nitrogens is 2. The molecule has 0 aliphatic rings. The van der Waals surface area contributed by atoms with E-state index in [1.807, 2.05) is 43.3 Å². The fourth-order valence-corrected chi connectivity index (χ4v) is 2.28. The zero-order valence-electron chi connectivity index (χ0n) is 11.9. The van der Waals surface area contributed by atoms with Crippen LogP contribution in [-0.4, -0.2) is 35.4 Å². The van der Waals surface area contributed by atoms with Crippen LogP contribution in [0.3, 0.4) is 0 Å². The minimum atomic E-state index is -1.03.